The number of hydrogen-bond acceptors (Lipinski definition) is 3. The van der Waals surface area contributed by atoms with Gasteiger partial charge in [0.2, 0.25) is 5.91 Å². The Kier molecular flexibility index (Phi) is 5.29. The summed E-state index contributed by atoms with van der Waals surface area (Å²) >= 11 is 0. The number of nitrogens with zero attached hydrogens (tertiary/aromatic N) is 2. The van der Waals surface area contributed by atoms with E-state index in [0.29, 0.717) is 13.0 Å². The molecule has 0 atom stereocenters. The maximum Gasteiger partial charge on any atom is 0.226 e. The number of aryl methyl sites for hydroxylation is 1. The van der Waals surface area contributed by atoms with Gasteiger partial charge < -0.3 is 10.2 Å². The van der Waals surface area contributed by atoms with Crippen LogP contribution in [0.5, 0.6) is 0 Å². The first-order valence-electron chi connectivity index (χ1n) is 8.62. The number of fused-ring (bicyclic) bond motifs is 1. The van der Waals surface area contributed by atoms with Gasteiger partial charge >= 0.3 is 0 Å². The van der Waals surface area contributed by atoms with Crippen molar-refractivity contribution in [2.75, 3.05) is 23.3 Å². The van der Waals surface area contributed by atoms with Crippen LogP contribution in [0.15, 0.2) is 60.8 Å². The number of rotatable bonds is 6. The van der Waals surface area contributed by atoms with Crippen molar-refractivity contribution in [3.05, 3.63) is 66.4 Å². The molecule has 0 unspecified atom stereocenters. The molecule has 0 bridgehead atoms. The van der Waals surface area contributed by atoms with Gasteiger partial charge in [0, 0.05) is 36.8 Å². The SMILES string of the molecule is CCN(CCC(=O)Nc1cccc2cccnc12)c1cccc(C)c1. The van der Waals surface area contributed by atoms with Crippen LogP contribution in [-0.2, 0) is 4.79 Å². The molecule has 0 saturated carbocycles. The molecule has 25 heavy (non-hydrogen) atoms. The van der Waals surface area contributed by atoms with E-state index in [0.717, 1.165) is 28.8 Å². The molecule has 128 valence electrons. The van der Waals surface area contributed by atoms with Gasteiger partial charge in [-0.3, -0.25) is 9.78 Å². The molecular weight excluding hydrogens is 310 g/mol. The monoisotopic (exact) mass is 333 g/mol. The first-order chi connectivity index (χ1) is 12.2. The zero-order chi connectivity index (χ0) is 17.6. The molecule has 1 N–H and O–H groups in total. The van der Waals surface area contributed by atoms with Crippen molar-refractivity contribution in [2.45, 2.75) is 20.3 Å². The quantitative estimate of drug-likeness (QED) is 0.727. The normalized spacial score (nSPS) is 10.6. The van der Waals surface area contributed by atoms with Crippen molar-refractivity contribution in [1.29, 1.82) is 0 Å². The number of carbonyl (C=O) groups excluding carboxylic acids is 1. The predicted octanol–water partition coefficient (Wildman–Crippen LogP) is 4.40. The Balaban J connectivity index is 1.66. The van der Waals surface area contributed by atoms with Gasteiger partial charge in [0.1, 0.15) is 0 Å². The second-order valence-electron chi connectivity index (χ2n) is 6.10. The van der Waals surface area contributed by atoms with Crippen LogP contribution in [0.3, 0.4) is 0 Å². The highest BCUT2D eigenvalue weighted by molar-refractivity contribution is 6.00. The standard InChI is InChI=1S/C21H23N3O/c1-3-24(18-10-4-7-16(2)15-18)14-12-20(25)23-19-11-5-8-17-9-6-13-22-21(17)19/h4-11,13,15H,3,12,14H2,1-2H3,(H,23,25). The molecule has 3 aromatic rings. The van der Waals surface area contributed by atoms with Gasteiger partial charge in [-0.1, -0.05) is 30.3 Å². The van der Waals surface area contributed by atoms with Crippen LogP contribution in [0.4, 0.5) is 11.4 Å². The number of amides is 1. The fourth-order valence-electron chi connectivity index (χ4n) is 2.95. The molecule has 4 heteroatoms. The summed E-state index contributed by atoms with van der Waals surface area (Å²) in [6, 6.07) is 18.1. The van der Waals surface area contributed by atoms with E-state index < -0.39 is 0 Å². The second-order valence-corrected chi connectivity index (χ2v) is 6.10. The molecule has 1 amide bonds. The summed E-state index contributed by atoms with van der Waals surface area (Å²) in [6.07, 6.45) is 2.18. The van der Waals surface area contributed by atoms with Crippen LogP contribution >= 0.6 is 0 Å². The van der Waals surface area contributed by atoms with E-state index in [1.807, 2.05) is 30.3 Å². The maximum absolute atomic E-state index is 12.4. The number of pyridine rings is 1. The third-order valence-corrected chi connectivity index (χ3v) is 4.26. The highest BCUT2D eigenvalue weighted by Gasteiger charge is 2.10. The molecule has 2 aromatic carbocycles. The zero-order valence-electron chi connectivity index (χ0n) is 14.7. The van der Waals surface area contributed by atoms with Gasteiger partial charge in [-0.05, 0) is 43.7 Å². The second kappa shape index (κ2) is 7.79. The maximum atomic E-state index is 12.4. The fourth-order valence-corrected chi connectivity index (χ4v) is 2.95. The molecule has 0 radical (unpaired) electrons. The summed E-state index contributed by atoms with van der Waals surface area (Å²) in [7, 11) is 0. The molecular formula is C21H23N3O. The molecule has 0 spiro atoms. The smallest absolute Gasteiger partial charge is 0.226 e. The van der Waals surface area contributed by atoms with E-state index in [9.17, 15) is 4.79 Å². The lowest BCUT2D eigenvalue weighted by Gasteiger charge is -2.23. The van der Waals surface area contributed by atoms with Gasteiger partial charge in [0.15, 0.2) is 0 Å². The Bertz CT molecular complexity index is 870. The summed E-state index contributed by atoms with van der Waals surface area (Å²) in [5, 5.41) is 4.02. The number of carbonyl (C=O) groups is 1. The van der Waals surface area contributed by atoms with Crippen molar-refractivity contribution in [2.24, 2.45) is 0 Å². The largest absolute Gasteiger partial charge is 0.371 e. The van der Waals surface area contributed by atoms with Crippen molar-refractivity contribution in [1.82, 2.24) is 4.98 Å². The molecule has 0 aliphatic carbocycles. The highest BCUT2D eigenvalue weighted by Crippen LogP contribution is 2.21. The Labute approximate surface area is 148 Å². The molecule has 1 aromatic heterocycles. The molecule has 3 rings (SSSR count). The molecule has 0 aliphatic heterocycles. The fraction of sp³-hybridized carbons (Fsp3) is 0.238. The molecule has 0 aliphatic rings. The molecule has 4 nitrogen and oxygen atoms in total. The van der Waals surface area contributed by atoms with Crippen molar-refractivity contribution in [3.63, 3.8) is 0 Å². The van der Waals surface area contributed by atoms with Crippen molar-refractivity contribution >= 4 is 28.2 Å². The Morgan fingerprint density at radius 1 is 1.12 bits per heavy atom. The van der Waals surface area contributed by atoms with Gasteiger partial charge in [-0.2, -0.15) is 0 Å². The van der Waals surface area contributed by atoms with Crippen LogP contribution in [0.2, 0.25) is 0 Å². The van der Waals surface area contributed by atoms with E-state index in [2.05, 4.69) is 53.3 Å². The van der Waals surface area contributed by atoms with Gasteiger partial charge in [-0.15, -0.1) is 0 Å². The Morgan fingerprint density at radius 3 is 2.72 bits per heavy atom. The minimum absolute atomic E-state index is 0.00394. The van der Waals surface area contributed by atoms with Gasteiger partial charge in [-0.25, -0.2) is 0 Å². The first-order valence-corrected chi connectivity index (χ1v) is 8.62. The lowest BCUT2D eigenvalue weighted by Crippen LogP contribution is -2.27. The van der Waals surface area contributed by atoms with Crippen molar-refractivity contribution < 1.29 is 4.79 Å². The topological polar surface area (TPSA) is 45.2 Å². The minimum atomic E-state index is 0.00394. The average Bonchev–Trinajstić information content (AvgIpc) is 2.63. The number of hydrogen-bond donors (Lipinski definition) is 1. The van der Waals surface area contributed by atoms with E-state index in [-0.39, 0.29) is 5.91 Å². The van der Waals surface area contributed by atoms with Gasteiger partial charge in [0.25, 0.3) is 0 Å². The average molecular weight is 333 g/mol. The Morgan fingerprint density at radius 2 is 1.92 bits per heavy atom. The molecule has 0 saturated heterocycles. The summed E-state index contributed by atoms with van der Waals surface area (Å²) < 4.78 is 0. The molecule has 1 heterocycles. The third kappa shape index (κ3) is 4.15. The summed E-state index contributed by atoms with van der Waals surface area (Å²) in [5.41, 5.74) is 3.97. The number of aromatic nitrogens is 1. The van der Waals surface area contributed by atoms with E-state index in [4.69, 9.17) is 0 Å². The molecule has 0 fully saturated rings. The lowest BCUT2D eigenvalue weighted by molar-refractivity contribution is -0.116. The number of benzene rings is 2. The predicted molar refractivity (Wildman–Crippen MR) is 104 cm³/mol. The van der Waals surface area contributed by atoms with Crippen LogP contribution in [-0.4, -0.2) is 24.0 Å². The van der Waals surface area contributed by atoms with Crippen LogP contribution in [0.25, 0.3) is 10.9 Å². The third-order valence-electron chi connectivity index (χ3n) is 4.26. The number of nitrogens with one attached hydrogen (secondary N) is 1. The van der Waals surface area contributed by atoms with Crippen molar-refractivity contribution in [3.8, 4) is 0 Å². The highest BCUT2D eigenvalue weighted by atomic mass is 16.1. The number of anilines is 2. The first kappa shape index (κ1) is 17.0. The van der Waals surface area contributed by atoms with E-state index >= 15 is 0 Å². The summed E-state index contributed by atoms with van der Waals surface area (Å²) in [4.78, 5) is 19.0. The van der Waals surface area contributed by atoms with Gasteiger partial charge in [0.05, 0.1) is 11.2 Å². The van der Waals surface area contributed by atoms with Crippen LogP contribution in [0, 0.1) is 6.92 Å². The lowest BCUT2D eigenvalue weighted by atomic mass is 10.2. The van der Waals surface area contributed by atoms with E-state index in [1.165, 1.54) is 5.56 Å². The zero-order valence-corrected chi connectivity index (χ0v) is 14.7. The van der Waals surface area contributed by atoms with Crippen LogP contribution in [0.1, 0.15) is 18.9 Å². The van der Waals surface area contributed by atoms with E-state index in [1.54, 1.807) is 6.20 Å². The van der Waals surface area contributed by atoms with Crippen LogP contribution < -0.4 is 10.2 Å². The minimum Gasteiger partial charge on any atom is -0.371 e. The summed E-state index contributed by atoms with van der Waals surface area (Å²) in [6.45, 7) is 5.74. The number of para-hydroxylation sites is 1. The Hall–Kier alpha value is -2.88. The summed E-state index contributed by atoms with van der Waals surface area (Å²) in [5.74, 6) is 0.00394.